The number of nitrogens with zero attached hydrogens (tertiary/aromatic N) is 3. The number of nitrogen functional groups attached to an aromatic ring is 1. The van der Waals surface area contributed by atoms with Gasteiger partial charge < -0.3 is 10.6 Å². The number of aryl methyl sites for hydroxylation is 2. The van der Waals surface area contributed by atoms with Crippen molar-refractivity contribution in [2.75, 3.05) is 23.7 Å². The molecule has 1 saturated carbocycles. The molecule has 0 aromatic carbocycles. The van der Waals surface area contributed by atoms with E-state index < -0.39 is 0 Å². The molecular weight excluding hydrogens is 248 g/mol. The predicted molar refractivity (Wildman–Crippen MR) is 82.2 cm³/mol. The van der Waals surface area contributed by atoms with Gasteiger partial charge in [-0.2, -0.15) is 5.10 Å². The summed E-state index contributed by atoms with van der Waals surface area (Å²) in [4.78, 5) is 2.49. The lowest BCUT2D eigenvalue weighted by molar-refractivity contribution is 0.0904. The van der Waals surface area contributed by atoms with Crippen LogP contribution in [0.3, 0.4) is 0 Å². The van der Waals surface area contributed by atoms with Crippen LogP contribution in [0.15, 0.2) is 12.1 Å². The Kier molecular flexibility index (Phi) is 2.35. The molecule has 1 aliphatic heterocycles. The van der Waals surface area contributed by atoms with E-state index in [0.29, 0.717) is 5.41 Å². The average Bonchev–Trinajstić information content (AvgIpc) is 2.64. The minimum Gasteiger partial charge on any atom is -0.395 e. The van der Waals surface area contributed by atoms with E-state index in [1.807, 2.05) is 4.52 Å². The van der Waals surface area contributed by atoms with Crippen molar-refractivity contribution in [3.63, 3.8) is 0 Å². The fourth-order valence-electron chi connectivity index (χ4n) is 3.74. The van der Waals surface area contributed by atoms with Gasteiger partial charge in [0.05, 0.1) is 16.9 Å². The summed E-state index contributed by atoms with van der Waals surface area (Å²) in [6, 6.07) is 4.45. The van der Waals surface area contributed by atoms with Crippen LogP contribution in [0.5, 0.6) is 0 Å². The molecule has 2 fully saturated rings. The van der Waals surface area contributed by atoms with Crippen molar-refractivity contribution < 1.29 is 0 Å². The molecule has 2 aromatic rings. The lowest BCUT2D eigenvalue weighted by Gasteiger charge is -2.57. The molecule has 1 aliphatic carbocycles. The van der Waals surface area contributed by atoms with Crippen molar-refractivity contribution in [1.29, 1.82) is 0 Å². The summed E-state index contributed by atoms with van der Waals surface area (Å²) < 4.78 is 1.98. The van der Waals surface area contributed by atoms with Gasteiger partial charge in [-0.15, -0.1) is 0 Å². The fourth-order valence-corrected chi connectivity index (χ4v) is 3.74. The second-order valence-corrected chi connectivity index (χ2v) is 6.58. The second kappa shape index (κ2) is 3.90. The van der Waals surface area contributed by atoms with Gasteiger partial charge >= 0.3 is 0 Å². The number of anilines is 2. The minimum absolute atomic E-state index is 0.653. The van der Waals surface area contributed by atoms with Crippen LogP contribution >= 0.6 is 0 Å². The Morgan fingerprint density at radius 3 is 2.65 bits per heavy atom. The van der Waals surface area contributed by atoms with Crippen molar-refractivity contribution in [2.24, 2.45) is 5.41 Å². The van der Waals surface area contributed by atoms with E-state index in [9.17, 15) is 0 Å². The van der Waals surface area contributed by atoms with Gasteiger partial charge in [-0.25, -0.2) is 4.52 Å². The highest BCUT2D eigenvalue weighted by molar-refractivity contribution is 5.76. The molecule has 2 aromatic heterocycles. The molecule has 1 spiro atoms. The third-order valence-corrected chi connectivity index (χ3v) is 5.18. The van der Waals surface area contributed by atoms with E-state index in [2.05, 4.69) is 36.0 Å². The van der Waals surface area contributed by atoms with E-state index in [1.165, 1.54) is 43.7 Å². The predicted octanol–water partition coefficient (Wildman–Crippen LogP) is 2.78. The molecule has 20 heavy (non-hydrogen) atoms. The Balaban J connectivity index is 1.72. The van der Waals surface area contributed by atoms with E-state index in [1.54, 1.807) is 0 Å². The maximum absolute atomic E-state index is 6.24. The van der Waals surface area contributed by atoms with Crippen LogP contribution in [-0.2, 0) is 6.42 Å². The zero-order valence-corrected chi connectivity index (χ0v) is 12.3. The maximum Gasteiger partial charge on any atom is 0.0918 e. The monoisotopic (exact) mass is 270 g/mol. The van der Waals surface area contributed by atoms with Gasteiger partial charge in [-0.05, 0) is 38.3 Å². The largest absolute Gasteiger partial charge is 0.395 e. The summed E-state index contributed by atoms with van der Waals surface area (Å²) in [5, 5.41) is 4.60. The molecule has 4 heteroatoms. The number of hydrogen-bond acceptors (Lipinski definition) is 3. The third kappa shape index (κ3) is 1.51. The van der Waals surface area contributed by atoms with E-state index in [-0.39, 0.29) is 0 Å². The summed E-state index contributed by atoms with van der Waals surface area (Å²) in [6.45, 7) is 6.65. The van der Waals surface area contributed by atoms with Crippen molar-refractivity contribution >= 4 is 16.9 Å². The molecule has 0 bridgehead atoms. The van der Waals surface area contributed by atoms with E-state index in [0.717, 1.165) is 23.3 Å². The van der Waals surface area contributed by atoms with Crippen molar-refractivity contribution in [2.45, 2.75) is 39.5 Å². The molecule has 1 saturated heterocycles. The molecule has 3 heterocycles. The molecule has 0 radical (unpaired) electrons. The van der Waals surface area contributed by atoms with Gasteiger partial charge in [-0.3, -0.25) is 0 Å². The molecule has 0 atom stereocenters. The van der Waals surface area contributed by atoms with Crippen molar-refractivity contribution in [3.8, 4) is 0 Å². The summed E-state index contributed by atoms with van der Waals surface area (Å²) >= 11 is 0. The highest BCUT2D eigenvalue weighted by Crippen LogP contribution is 2.49. The standard InChI is InChI=1S/C16H22N4/c1-3-13-15(17)14-8-12(7-11(2)20(14)18-13)19-9-16(10-19)5-4-6-16/h7-8H,3-6,9-10,17H2,1-2H3. The lowest BCUT2D eigenvalue weighted by Crippen LogP contribution is -2.59. The number of aromatic nitrogens is 2. The normalized spacial score (nSPS) is 20.2. The number of pyridine rings is 1. The fraction of sp³-hybridized carbons (Fsp3) is 0.562. The van der Waals surface area contributed by atoms with E-state index >= 15 is 0 Å². The number of fused-ring (bicyclic) bond motifs is 1. The molecule has 2 aliphatic rings. The Hall–Kier alpha value is -1.71. The molecule has 0 amide bonds. The number of hydrogen-bond donors (Lipinski definition) is 1. The molecule has 0 unspecified atom stereocenters. The van der Waals surface area contributed by atoms with Crippen LogP contribution in [0.4, 0.5) is 11.4 Å². The Morgan fingerprint density at radius 2 is 2.05 bits per heavy atom. The first-order valence-electron chi connectivity index (χ1n) is 7.65. The summed E-state index contributed by atoms with van der Waals surface area (Å²) in [7, 11) is 0. The second-order valence-electron chi connectivity index (χ2n) is 6.58. The van der Waals surface area contributed by atoms with Crippen LogP contribution in [0, 0.1) is 12.3 Å². The summed E-state index contributed by atoms with van der Waals surface area (Å²) in [5.41, 5.74) is 12.3. The summed E-state index contributed by atoms with van der Waals surface area (Å²) in [5.74, 6) is 0. The first-order valence-corrected chi connectivity index (χ1v) is 7.65. The summed E-state index contributed by atoms with van der Waals surface area (Å²) in [6.07, 6.45) is 5.13. The molecule has 106 valence electrons. The van der Waals surface area contributed by atoms with Crippen LogP contribution < -0.4 is 10.6 Å². The molecule has 2 N–H and O–H groups in total. The first-order chi connectivity index (χ1) is 9.62. The maximum atomic E-state index is 6.24. The van der Waals surface area contributed by atoms with Crippen LogP contribution in [0.2, 0.25) is 0 Å². The number of rotatable bonds is 2. The van der Waals surface area contributed by atoms with Crippen molar-refractivity contribution in [1.82, 2.24) is 9.61 Å². The van der Waals surface area contributed by atoms with Gasteiger partial charge in [0.25, 0.3) is 0 Å². The zero-order valence-electron chi connectivity index (χ0n) is 12.3. The Labute approximate surface area is 119 Å². The quantitative estimate of drug-likeness (QED) is 0.912. The van der Waals surface area contributed by atoms with Gasteiger partial charge in [0, 0.05) is 29.9 Å². The minimum atomic E-state index is 0.653. The van der Waals surface area contributed by atoms with Gasteiger partial charge in [0.15, 0.2) is 0 Å². The Morgan fingerprint density at radius 1 is 1.30 bits per heavy atom. The zero-order chi connectivity index (χ0) is 13.9. The van der Waals surface area contributed by atoms with Crippen LogP contribution in [0.1, 0.15) is 37.6 Å². The van der Waals surface area contributed by atoms with E-state index in [4.69, 9.17) is 5.73 Å². The third-order valence-electron chi connectivity index (χ3n) is 5.18. The number of nitrogens with two attached hydrogens (primary N) is 1. The smallest absolute Gasteiger partial charge is 0.0918 e. The topological polar surface area (TPSA) is 46.6 Å². The van der Waals surface area contributed by atoms with Crippen LogP contribution in [0.25, 0.3) is 5.52 Å². The highest BCUT2D eigenvalue weighted by Gasteiger charge is 2.47. The lowest BCUT2D eigenvalue weighted by atomic mass is 9.63. The highest BCUT2D eigenvalue weighted by atomic mass is 15.3. The molecule has 4 rings (SSSR count). The molecular formula is C16H22N4. The SMILES string of the molecule is CCc1nn2c(C)cc(N3CC4(CCC4)C3)cc2c1N. The van der Waals surface area contributed by atoms with Crippen molar-refractivity contribution in [3.05, 3.63) is 23.5 Å². The van der Waals surface area contributed by atoms with Gasteiger partial charge in [0.1, 0.15) is 0 Å². The van der Waals surface area contributed by atoms with Gasteiger partial charge in [0.2, 0.25) is 0 Å². The first kappa shape index (κ1) is 12.1. The van der Waals surface area contributed by atoms with Gasteiger partial charge in [-0.1, -0.05) is 13.3 Å². The van der Waals surface area contributed by atoms with Crippen LogP contribution in [-0.4, -0.2) is 22.7 Å². The average molecular weight is 270 g/mol. The Bertz CT molecular complexity index is 673. The molecule has 4 nitrogen and oxygen atoms in total.